The maximum absolute atomic E-state index is 12.1. The summed E-state index contributed by atoms with van der Waals surface area (Å²) in [5, 5.41) is 12.9. The minimum atomic E-state index is -0.273. The molecule has 1 aromatic heterocycles. The Kier molecular flexibility index (Phi) is 8.06. The zero-order chi connectivity index (χ0) is 19.1. The van der Waals surface area contributed by atoms with Gasteiger partial charge in [-0.25, -0.2) is 4.98 Å². The van der Waals surface area contributed by atoms with Gasteiger partial charge in [-0.2, -0.15) is 0 Å². The fourth-order valence-electron chi connectivity index (χ4n) is 2.79. The molecule has 7 heteroatoms. The minimum Gasteiger partial charge on any atom is -0.447 e. The van der Waals surface area contributed by atoms with Gasteiger partial charge in [0.15, 0.2) is 5.69 Å². The summed E-state index contributed by atoms with van der Waals surface area (Å²) in [4.78, 5) is 21.0. The van der Waals surface area contributed by atoms with E-state index in [9.17, 15) is 9.90 Å². The van der Waals surface area contributed by atoms with Crippen LogP contribution in [-0.4, -0.2) is 71.2 Å². The number of hydrogen-bond donors (Lipinski definition) is 2. The second-order valence-electron chi connectivity index (χ2n) is 7.74. The molecular formula is C19H34N4O3. The molecule has 0 radical (unpaired) electrons. The van der Waals surface area contributed by atoms with E-state index in [2.05, 4.69) is 33.9 Å². The van der Waals surface area contributed by atoms with Gasteiger partial charge in [0.1, 0.15) is 6.26 Å². The third-order valence-corrected chi connectivity index (χ3v) is 5.13. The first-order valence-corrected chi connectivity index (χ1v) is 9.74. The molecule has 0 saturated carbocycles. The van der Waals surface area contributed by atoms with Crippen LogP contribution in [0.25, 0.3) is 0 Å². The van der Waals surface area contributed by atoms with Crippen molar-refractivity contribution in [1.29, 1.82) is 0 Å². The second kappa shape index (κ2) is 10.0. The van der Waals surface area contributed by atoms with Gasteiger partial charge in [0.2, 0.25) is 5.89 Å². The van der Waals surface area contributed by atoms with Crippen molar-refractivity contribution >= 4 is 5.91 Å². The van der Waals surface area contributed by atoms with Crippen LogP contribution in [0.1, 0.15) is 50.5 Å². The summed E-state index contributed by atoms with van der Waals surface area (Å²) in [6.07, 6.45) is 2.20. The maximum atomic E-state index is 12.1. The van der Waals surface area contributed by atoms with Crippen molar-refractivity contribution in [3.63, 3.8) is 0 Å². The third kappa shape index (κ3) is 6.37. The molecule has 1 aromatic rings. The molecule has 2 N–H and O–H groups in total. The van der Waals surface area contributed by atoms with E-state index in [1.54, 1.807) is 0 Å². The van der Waals surface area contributed by atoms with Crippen LogP contribution in [0.4, 0.5) is 0 Å². The molecule has 2 atom stereocenters. The number of nitrogens with zero attached hydrogens (tertiary/aromatic N) is 3. The molecule has 148 valence electrons. The Labute approximate surface area is 156 Å². The molecule has 26 heavy (non-hydrogen) atoms. The van der Waals surface area contributed by atoms with Crippen LogP contribution in [-0.2, 0) is 6.54 Å². The van der Waals surface area contributed by atoms with Crippen LogP contribution in [0.3, 0.4) is 0 Å². The van der Waals surface area contributed by atoms with Crippen molar-refractivity contribution < 1.29 is 14.3 Å². The highest BCUT2D eigenvalue weighted by atomic mass is 16.3. The topological polar surface area (TPSA) is 81.8 Å². The summed E-state index contributed by atoms with van der Waals surface area (Å²) >= 11 is 0. The number of rotatable bonds is 9. The lowest BCUT2D eigenvalue weighted by Crippen LogP contribution is -2.48. The van der Waals surface area contributed by atoms with Crippen LogP contribution in [0.15, 0.2) is 10.7 Å². The predicted molar refractivity (Wildman–Crippen MR) is 101 cm³/mol. The zero-order valence-corrected chi connectivity index (χ0v) is 16.6. The summed E-state index contributed by atoms with van der Waals surface area (Å²) in [6.45, 7) is 13.9. The van der Waals surface area contributed by atoms with Gasteiger partial charge >= 0.3 is 0 Å². The van der Waals surface area contributed by atoms with Gasteiger partial charge in [0.25, 0.3) is 5.91 Å². The van der Waals surface area contributed by atoms with E-state index in [-0.39, 0.29) is 17.9 Å². The second-order valence-corrected chi connectivity index (χ2v) is 7.74. The number of aromatic nitrogens is 1. The van der Waals surface area contributed by atoms with Gasteiger partial charge in [-0.15, -0.1) is 0 Å². The Bertz CT molecular complexity index is 553. The first kappa shape index (κ1) is 20.9. The van der Waals surface area contributed by atoms with Gasteiger partial charge in [0, 0.05) is 39.3 Å². The van der Waals surface area contributed by atoms with Crippen molar-refractivity contribution in [2.75, 3.05) is 39.3 Å². The number of nitrogens with one attached hydrogen (secondary N) is 1. The number of carbonyl (C=O) groups excluding carboxylic acids is 1. The fraction of sp³-hybridized carbons (Fsp3) is 0.789. The molecule has 2 heterocycles. The lowest BCUT2D eigenvalue weighted by Gasteiger charge is -2.35. The molecule has 0 aliphatic carbocycles. The Morgan fingerprint density at radius 2 is 1.92 bits per heavy atom. The first-order chi connectivity index (χ1) is 12.4. The van der Waals surface area contributed by atoms with E-state index in [1.165, 1.54) is 6.26 Å². The molecule has 1 aliphatic heterocycles. The number of aliphatic hydroxyl groups excluding tert-OH is 1. The van der Waals surface area contributed by atoms with E-state index >= 15 is 0 Å². The molecule has 1 amide bonds. The normalized spacial score (nSPS) is 18.8. The molecule has 0 bridgehead atoms. The van der Waals surface area contributed by atoms with Gasteiger partial charge in [-0.05, 0) is 11.8 Å². The van der Waals surface area contributed by atoms with E-state index < -0.39 is 0 Å². The Morgan fingerprint density at radius 1 is 1.27 bits per heavy atom. The number of aliphatic hydroxyl groups is 1. The number of oxazole rings is 1. The SMILES string of the molecule is CC[C@H](C)CNC(=O)c1coc(CN2CCN(C[C@H](O)C(C)C)CC2)n1. The van der Waals surface area contributed by atoms with E-state index in [4.69, 9.17) is 4.42 Å². The third-order valence-electron chi connectivity index (χ3n) is 5.13. The molecule has 1 aliphatic rings. The molecule has 0 unspecified atom stereocenters. The van der Waals surface area contributed by atoms with Crippen molar-refractivity contribution in [2.24, 2.45) is 11.8 Å². The van der Waals surface area contributed by atoms with Crippen LogP contribution in [0.5, 0.6) is 0 Å². The molecule has 1 saturated heterocycles. The summed E-state index contributed by atoms with van der Waals surface area (Å²) in [5.41, 5.74) is 0.349. The summed E-state index contributed by atoms with van der Waals surface area (Å²) < 4.78 is 5.48. The Hall–Kier alpha value is -1.44. The standard InChI is InChI=1S/C19H34N4O3/c1-5-15(4)10-20-19(25)16-13-26-18(21-16)12-23-8-6-22(7-9-23)11-17(24)14(2)3/h13-15,17,24H,5-12H2,1-4H3,(H,20,25)/t15-,17-/m0/s1. The highest BCUT2D eigenvalue weighted by molar-refractivity contribution is 5.91. The summed E-state index contributed by atoms with van der Waals surface area (Å²) in [7, 11) is 0. The van der Waals surface area contributed by atoms with E-state index in [1.807, 2.05) is 13.8 Å². The number of piperazine rings is 1. The number of β-amino-alcohol motifs (C(OH)–C–C–N with tert-alkyl or cyclic N) is 1. The van der Waals surface area contributed by atoms with E-state index in [0.717, 1.165) is 39.1 Å². The summed E-state index contributed by atoms with van der Waals surface area (Å²) in [6, 6.07) is 0. The lowest BCUT2D eigenvalue weighted by molar-refractivity contribution is 0.0463. The minimum absolute atomic E-state index is 0.173. The number of carbonyl (C=O) groups is 1. The monoisotopic (exact) mass is 366 g/mol. The fourth-order valence-corrected chi connectivity index (χ4v) is 2.79. The van der Waals surface area contributed by atoms with Gasteiger partial charge in [-0.3, -0.25) is 14.6 Å². The highest BCUT2D eigenvalue weighted by Gasteiger charge is 2.22. The molecule has 2 rings (SSSR count). The number of hydrogen-bond acceptors (Lipinski definition) is 6. The van der Waals surface area contributed by atoms with Crippen molar-refractivity contribution in [3.8, 4) is 0 Å². The van der Waals surface area contributed by atoms with E-state index in [0.29, 0.717) is 30.6 Å². The average Bonchev–Trinajstić information content (AvgIpc) is 3.09. The predicted octanol–water partition coefficient (Wildman–Crippen LogP) is 1.58. The zero-order valence-electron chi connectivity index (χ0n) is 16.6. The van der Waals surface area contributed by atoms with Crippen LogP contribution < -0.4 is 5.32 Å². The smallest absolute Gasteiger partial charge is 0.273 e. The Balaban J connectivity index is 1.75. The molecule has 0 spiro atoms. The molecular weight excluding hydrogens is 332 g/mol. The van der Waals surface area contributed by atoms with Crippen LogP contribution in [0, 0.1) is 11.8 Å². The lowest BCUT2D eigenvalue weighted by atomic mass is 10.1. The molecule has 0 aromatic carbocycles. The van der Waals surface area contributed by atoms with Gasteiger partial charge in [-0.1, -0.05) is 34.1 Å². The van der Waals surface area contributed by atoms with Gasteiger partial charge < -0.3 is 14.8 Å². The van der Waals surface area contributed by atoms with Crippen molar-refractivity contribution in [3.05, 3.63) is 17.8 Å². The highest BCUT2D eigenvalue weighted by Crippen LogP contribution is 2.11. The maximum Gasteiger partial charge on any atom is 0.273 e. The van der Waals surface area contributed by atoms with Crippen LogP contribution >= 0.6 is 0 Å². The molecule has 7 nitrogen and oxygen atoms in total. The van der Waals surface area contributed by atoms with Crippen molar-refractivity contribution in [2.45, 2.75) is 46.8 Å². The first-order valence-electron chi connectivity index (χ1n) is 9.74. The Morgan fingerprint density at radius 3 is 2.54 bits per heavy atom. The summed E-state index contributed by atoms with van der Waals surface area (Å²) in [5.74, 6) is 1.14. The number of amides is 1. The largest absolute Gasteiger partial charge is 0.447 e. The average molecular weight is 367 g/mol. The quantitative estimate of drug-likeness (QED) is 0.691. The van der Waals surface area contributed by atoms with Crippen LogP contribution in [0.2, 0.25) is 0 Å². The molecule has 1 fully saturated rings. The van der Waals surface area contributed by atoms with Gasteiger partial charge in [0.05, 0.1) is 12.6 Å². The van der Waals surface area contributed by atoms with Crippen molar-refractivity contribution in [1.82, 2.24) is 20.1 Å².